The van der Waals surface area contributed by atoms with Crippen LogP contribution in [0.5, 0.6) is 0 Å². The molecule has 0 fully saturated rings. The molecule has 0 radical (unpaired) electrons. The van der Waals surface area contributed by atoms with E-state index < -0.39 is 0 Å². The van der Waals surface area contributed by atoms with Crippen LogP contribution in [0.25, 0.3) is 33.6 Å². The molecule has 0 aliphatic carbocycles. The maximum Gasteiger partial charge on any atom is 0.258 e. The summed E-state index contributed by atoms with van der Waals surface area (Å²) >= 11 is 0. The van der Waals surface area contributed by atoms with E-state index in [1.165, 1.54) is 0 Å². The summed E-state index contributed by atoms with van der Waals surface area (Å²) in [6.45, 7) is 0. The molecular formula is C23H17N5O2. The summed E-state index contributed by atoms with van der Waals surface area (Å²) in [5.74, 6) is 0.664. The molecule has 3 heterocycles. The summed E-state index contributed by atoms with van der Waals surface area (Å²) in [5, 5.41) is 3.56. The van der Waals surface area contributed by atoms with Gasteiger partial charge in [0.25, 0.3) is 5.91 Å². The van der Waals surface area contributed by atoms with E-state index in [1.807, 2.05) is 54.6 Å². The smallest absolute Gasteiger partial charge is 0.258 e. The van der Waals surface area contributed by atoms with Crippen LogP contribution in [0.4, 0.5) is 11.6 Å². The van der Waals surface area contributed by atoms with Crippen LogP contribution in [0, 0.1) is 0 Å². The highest BCUT2D eigenvalue weighted by atomic mass is 16.3. The van der Waals surface area contributed by atoms with Crippen LogP contribution in [0.3, 0.4) is 0 Å². The number of carbonyl (C=O) groups excluding carboxylic acids is 1. The number of para-hydroxylation sites is 2. The van der Waals surface area contributed by atoms with Gasteiger partial charge in [-0.05, 0) is 30.3 Å². The third kappa shape index (κ3) is 3.18. The van der Waals surface area contributed by atoms with Crippen molar-refractivity contribution in [2.24, 2.45) is 0 Å². The number of benzene rings is 2. The van der Waals surface area contributed by atoms with E-state index in [2.05, 4.69) is 15.3 Å². The summed E-state index contributed by atoms with van der Waals surface area (Å²) in [6.07, 6.45) is 3.18. The standard InChI is InChI=1S/C23H17N5O2/c24-17-8-3-1-7-15(17)19-12-16(14-6-2-4-9-18(14)26-19)22(29)28-23-25-13-20(27-23)21-10-5-11-30-21/h1-13H,24H2,(H2,25,27,28,29). The number of anilines is 2. The van der Waals surface area contributed by atoms with Gasteiger partial charge in [-0.3, -0.25) is 10.1 Å². The maximum absolute atomic E-state index is 13.1. The molecule has 0 spiro atoms. The van der Waals surface area contributed by atoms with Crippen LogP contribution >= 0.6 is 0 Å². The Labute approximate surface area is 171 Å². The topological polar surface area (TPSA) is 110 Å². The number of nitrogen functional groups attached to an aromatic ring is 1. The van der Waals surface area contributed by atoms with Crippen LogP contribution in [-0.2, 0) is 0 Å². The number of rotatable bonds is 4. The number of furan rings is 1. The van der Waals surface area contributed by atoms with Crippen molar-refractivity contribution >= 4 is 28.4 Å². The number of amides is 1. The number of carbonyl (C=O) groups is 1. The first kappa shape index (κ1) is 17.7. The zero-order valence-corrected chi connectivity index (χ0v) is 15.8. The number of aromatic nitrogens is 3. The molecule has 0 atom stereocenters. The van der Waals surface area contributed by atoms with E-state index >= 15 is 0 Å². The fourth-order valence-electron chi connectivity index (χ4n) is 3.35. The molecule has 0 saturated carbocycles. The number of imidazole rings is 1. The van der Waals surface area contributed by atoms with E-state index in [1.54, 1.807) is 24.6 Å². The quantitative estimate of drug-likeness (QED) is 0.381. The van der Waals surface area contributed by atoms with Crippen molar-refractivity contribution in [3.8, 4) is 22.7 Å². The van der Waals surface area contributed by atoms with Gasteiger partial charge < -0.3 is 15.1 Å². The zero-order valence-electron chi connectivity index (χ0n) is 15.8. The van der Waals surface area contributed by atoms with Crippen LogP contribution in [0.2, 0.25) is 0 Å². The Balaban J connectivity index is 1.54. The first-order valence-corrected chi connectivity index (χ1v) is 9.34. The molecule has 3 aromatic heterocycles. The minimum atomic E-state index is -0.301. The van der Waals surface area contributed by atoms with Crippen molar-refractivity contribution in [2.45, 2.75) is 0 Å². The highest BCUT2D eigenvalue weighted by Crippen LogP contribution is 2.29. The Morgan fingerprint density at radius 3 is 2.70 bits per heavy atom. The molecule has 7 heteroatoms. The molecule has 1 amide bonds. The van der Waals surface area contributed by atoms with Crippen LogP contribution in [-0.4, -0.2) is 20.9 Å². The van der Waals surface area contributed by atoms with Crippen molar-refractivity contribution in [1.82, 2.24) is 15.0 Å². The number of pyridine rings is 1. The van der Waals surface area contributed by atoms with E-state index in [0.29, 0.717) is 39.9 Å². The van der Waals surface area contributed by atoms with Gasteiger partial charge in [0.1, 0.15) is 5.69 Å². The van der Waals surface area contributed by atoms with Crippen molar-refractivity contribution in [3.05, 3.63) is 84.8 Å². The minimum Gasteiger partial charge on any atom is -0.463 e. The molecule has 0 aliphatic rings. The van der Waals surface area contributed by atoms with Gasteiger partial charge in [-0.2, -0.15) is 0 Å². The van der Waals surface area contributed by atoms with E-state index in [9.17, 15) is 4.79 Å². The molecule has 0 unspecified atom stereocenters. The number of H-pyrrole nitrogens is 1. The molecule has 0 bridgehead atoms. The van der Waals surface area contributed by atoms with E-state index in [-0.39, 0.29) is 5.91 Å². The SMILES string of the molecule is Nc1ccccc1-c1cc(C(=O)Nc2ncc(-c3ccco3)[nH]2)c2ccccc2n1. The second-order valence-electron chi connectivity index (χ2n) is 6.74. The molecular weight excluding hydrogens is 378 g/mol. The molecule has 5 rings (SSSR count). The number of hydrogen-bond acceptors (Lipinski definition) is 5. The van der Waals surface area contributed by atoms with Crippen LogP contribution < -0.4 is 11.1 Å². The zero-order chi connectivity index (χ0) is 20.5. The van der Waals surface area contributed by atoms with Crippen molar-refractivity contribution in [1.29, 1.82) is 0 Å². The first-order chi connectivity index (χ1) is 14.7. The number of nitrogens with one attached hydrogen (secondary N) is 2. The summed E-state index contributed by atoms with van der Waals surface area (Å²) in [6, 6.07) is 20.3. The molecule has 0 aliphatic heterocycles. The Morgan fingerprint density at radius 2 is 1.87 bits per heavy atom. The summed E-state index contributed by atoms with van der Waals surface area (Å²) in [7, 11) is 0. The average molecular weight is 395 g/mol. The maximum atomic E-state index is 13.1. The van der Waals surface area contributed by atoms with Crippen molar-refractivity contribution in [3.63, 3.8) is 0 Å². The van der Waals surface area contributed by atoms with Gasteiger partial charge in [0.15, 0.2) is 5.76 Å². The van der Waals surface area contributed by atoms with Gasteiger partial charge >= 0.3 is 0 Å². The second-order valence-corrected chi connectivity index (χ2v) is 6.74. The third-order valence-electron chi connectivity index (χ3n) is 4.79. The van der Waals surface area contributed by atoms with Gasteiger partial charge in [0.05, 0.1) is 29.2 Å². The lowest BCUT2D eigenvalue weighted by Gasteiger charge is -2.11. The molecule has 0 saturated heterocycles. The molecule has 4 N–H and O–H groups in total. The summed E-state index contributed by atoms with van der Waals surface area (Å²) in [5.41, 5.74) is 10.00. The van der Waals surface area contributed by atoms with Gasteiger partial charge in [-0.1, -0.05) is 36.4 Å². The van der Waals surface area contributed by atoms with E-state index in [0.717, 1.165) is 10.9 Å². The monoisotopic (exact) mass is 395 g/mol. The Morgan fingerprint density at radius 1 is 1.03 bits per heavy atom. The normalized spacial score (nSPS) is 10.9. The summed E-state index contributed by atoms with van der Waals surface area (Å²) in [4.78, 5) is 25.1. The van der Waals surface area contributed by atoms with Gasteiger partial charge in [-0.15, -0.1) is 0 Å². The van der Waals surface area contributed by atoms with Crippen molar-refractivity contribution < 1.29 is 9.21 Å². The predicted molar refractivity (Wildman–Crippen MR) is 116 cm³/mol. The van der Waals surface area contributed by atoms with Gasteiger partial charge in [0, 0.05) is 16.6 Å². The molecule has 5 aromatic rings. The lowest BCUT2D eigenvalue weighted by Crippen LogP contribution is -2.14. The highest BCUT2D eigenvalue weighted by Gasteiger charge is 2.16. The second kappa shape index (κ2) is 7.21. The lowest BCUT2D eigenvalue weighted by molar-refractivity contribution is 0.102. The molecule has 30 heavy (non-hydrogen) atoms. The number of fused-ring (bicyclic) bond motifs is 1. The molecule has 2 aromatic carbocycles. The Hall–Kier alpha value is -4.39. The van der Waals surface area contributed by atoms with Crippen molar-refractivity contribution in [2.75, 3.05) is 11.1 Å². The fourth-order valence-corrected chi connectivity index (χ4v) is 3.35. The molecule has 146 valence electrons. The van der Waals surface area contributed by atoms with Gasteiger partial charge in [-0.25, -0.2) is 9.97 Å². The predicted octanol–water partition coefficient (Wildman–Crippen LogP) is 4.72. The number of aromatic amines is 1. The highest BCUT2D eigenvalue weighted by molar-refractivity contribution is 6.12. The number of nitrogens with two attached hydrogens (primary N) is 1. The Bertz CT molecular complexity index is 1360. The third-order valence-corrected chi connectivity index (χ3v) is 4.79. The lowest BCUT2D eigenvalue weighted by atomic mass is 10.0. The van der Waals surface area contributed by atoms with Crippen LogP contribution in [0.15, 0.2) is 83.6 Å². The number of nitrogens with zero attached hydrogens (tertiary/aromatic N) is 2. The first-order valence-electron chi connectivity index (χ1n) is 9.34. The number of hydrogen-bond donors (Lipinski definition) is 3. The average Bonchev–Trinajstić information content (AvgIpc) is 3.45. The van der Waals surface area contributed by atoms with E-state index in [4.69, 9.17) is 15.1 Å². The largest absolute Gasteiger partial charge is 0.463 e. The Kier molecular flexibility index (Phi) is 4.25. The minimum absolute atomic E-state index is 0.301. The molecule has 7 nitrogen and oxygen atoms in total. The van der Waals surface area contributed by atoms with Crippen LogP contribution in [0.1, 0.15) is 10.4 Å². The summed E-state index contributed by atoms with van der Waals surface area (Å²) < 4.78 is 5.35. The van der Waals surface area contributed by atoms with Gasteiger partial charge in [0.2, 0.25) is 5.95 Å². The fraction of sp³-hybridized carbons (Fsp3) is 0.